The molecule has 0 saturated carbocycles. The van der Waals surface area contributed by atoms with Crippen LogP contribution in [0.4, 0.5) is 5.69 Å². The molecule has 0 spiro atoms. The Morgan fingerprint density at radius 3 is 2.76 bits per heavy atom. The lowest BCUT2D eigenvalue weighted by atomic mass is 10.0. The van der Waals surface area contributed by atoms with Crippen molar-refractivity contribution in [2.45, 2.75) is 44.1 Å². The maximum atomic E-state index is 13.1. The first-order valence-electron chi connectivity index (χ1n) is 9.67. The molecule has 0 atom stereocenters. The summed E-state index contributed by atoms with van der Waals surface area (Å²) >= 11 is 0. The number of fused-ring (bicyclic) bond motifs is 1. The number of benzene rings is 1. The Balaban J connectivity index is 1.89. The van der Waals surface area contributed by atoms with E-state index in [1.807, 2.05) is 6.07 Å². The number of aromatic nitrogens is 1. The van der Waals surface area contributed by atoms with Crippen LogP contribution in [0.3, 0.4) is 0 Å². The van der Waals surface area contributed by atoms with Crippen LogP contribution in [0.15, 0.2) is 28.9 Å². The Morgan fingerprint density at radius 2 is 2.03 bits per heavy atom. The fraction of sp³-hybridized carbons (Fsp3) is 0.500. The molecule has 2 aromatic rings. The smallest absolute Gasteiger partial charge is 0.277 e. The van der Waals surface area contributed by atoms with Crippen LogP contribution in [0.1, 0.15) is 47.8 Å². The highest BCUT2D eigenvalue weighted by atomic mass is 32.2. The summed E-state index contributed by atoms with van der Waals surface area (Å²) in [6, 6.07) is 5.44. The number of aryl methyl sites for hydroxylation is 2. The Morgan fingerprint density at radius 1 is 1.24 bits per heavy atom. The fourth-order valence-corrected chi connectivity index (χ4v) is 4.59. The van der Waals surface area contributed by atoms with Gasteiger partial charge in [-0.25, -0.2) is 13.4 Å². The van der Waals surface area contributed by atoms with Crippen molar-refractivity contribution in [2.24, 2.45) is 0 Å². The van der Waals surface area contributed by atoms with E-state index in [9.17, 15) is 13.2 Å². The van der Waals surface area contributed by atoms with E-state index in [0.29, 0.717) is 30.4 Å². The molecule has 1 amide bonds. The average molecular weight is 421 g/mol. The minimum Gasteiger partial charge on any atom is -0.448 e. The van der Waals surface area contributed by atoms with Crippen LogP contribution >= 0.6 is 0 Å². The molecule has 2 heterocycles. The third-order valence-corrected chi connectivity index (χ3v) is 7.62. The molecule has 0 saturated heterocycles. The van der Waals surface area contributed by atoms with Crippen LogP contribution in [-0.4, -0.2) is 43.8 Å². The van der Waals surface area contributed by atoms with Crippen molar-refractivity contribution in [3.63, 3.8) is 0 Å². The first-order valence-corrected chi connectivity index (χ1v) is 11.3. The van der Waals surface area contributed by atoms with E-state index < -0.39 is 20.5 Å². The number of anilines is 1. The normalized spacial score (nSPS) is 19.4. The zero-order chi connectivity index (χ0) is 21.1. The predicted octanol–water partition coefficient (Wildman–Crippen LogP) is 2.01. The van der Waals surface area contributed by atoms with Crippen molar-refractivity contribution < 1.29 is 17.6 Å². The first-order chi connectivity index (χ1) is 13.7. The molecular formula is C20H28N4O4S. The molecule has 3 N–H and O–H groups in total. The van der Waals surface area contributed by atoms with Gasteiger partial charge in [0.1, 0.15) is 6.26 Å². The average Bonchev–Trinajstić information content (AvgIpc) is 3.07. The van der Waals surface area contributed by atoms with E-state index >= 15 is 0 Å². The minimum atomic E-state index is -3.43. The molecule has 0 aliphatic carbocycles. The van der Waals surface area contributed by atoms with E-state index in [2.05, 4.69) is 20.9 Å². The topological polar surface area (TPSA) is 113 Å². The summed E-state index contributed by atoms with van der Waals surface area (Å²) in [6.07, 6.45) is 2.95. The van der Waals surface area contributed by atoms with Crippen molar-refractivity contribution in [1.29, 1.82) is 0 Å². The molecule has 0 bridgehead atoms. The number of carbonyl (C=O) groups excluding carboxylic acids is 1. The minimum absolute atomic E-state index is 0.0722. The molecule has 29 heavy (non-hydrogen) atoms. The zero-order valence-electron chi connectivity index (χ0n) is 17.0. The Kier molecular flexibility index (Phi) is 6.40. The van der Waals surface area contributed by atoms with Crippen molar-refractivity contribution in [3.8, 4) is 0 Å². The molecule has 1 aliphatic heterocycles. The molecular weight excluding hydrogens is 392 g/mol. The first kappa shape index (κ1) is 21.5. The van der Waals surface area contributed by atoms with Crippen molar-refractivity contribution in [2.75, 3.05) is 25.1 Å². The van der Waals surface area contributed by atoms with Gasteiger partial charge >= 0.3 is 0 Å². The lowest BCUT2D eigenvalue weighted by Crippen LogP contribution is -2.45. The molecule has 0 radical (unpaired) electrons. The molecule has 158 valence electrons. The van der Waals surface area contributed by atoms with Gasteiger partial charge in [-0.3, -0.25) is 4.79 Å². The van der Waals surface area contributed by atoms with E-state index in [0.717, 1.165) is 24.9 Å². The van der Waals surface area contributed by atoms with Gasteiger partial charge in [0.25, 0.3) is 5.91 Å². The maximum Gasteiger partial charge on any atom is 0.277 e. The number of sulfone groups is 1. The van der Waals surface area contributed by atoms with E-state index in [1.165, 1.54) is 6.26 Å². The highest BCUT2D eigenvalue weighted by Gasteiger charge is 2.34. The highest BCUT2D eigenvalue weighted by Crippen LogP contribution is 2.26. The van der Waals surface area contributed by atoms with Crippen LogP contribution in [0.5, 0.6) is 0 Å². The van der Waals surface area contributed by atoms with Crippen molar-refractivity contribution in [1.82, 2.24) is 15.6 Å². The van der Waals surface area contributed by atoms with Gasteiger partial charge in [-0.1, -0.05) is 6.07 Å². The van der Waals surface area contributed by atoms with Crippen LogP contribution < -0.4 is 16.0 Å². The van der Waals surface area contributed by atoms with E-state index in [1.54, 1.807) is 32.9 Å². The number of oxazole rings is 1. The molecule has 1 aromatic heterocycles. The summed E-state index contributed by atoms with van der Waals surface area (Å²) in [5.41, 5.74) is 2.41. The summed E-state index contributed by atoms with van der Waals surface area (Å²) in [5, 5.41) is 9.22. The van der Waals surface area contributed by atoms with Gasteiger partial charge < -0.3 is 20.4 Å². The molecule has 3 rings (SSSR count). The van der Waals surface area contributed by atoms with Crippen LogP contribution in [0.25, 0.3) is 0 Å². The molecule has 0 fully saturated rings. The van der Waals surface area contributed by atoms with Gasteiger partial charge in [0.15, 0.2) is 21.4 Å². The van der Waals surface area contributed by atoms with Crippen LogP contribution in [0, 0.1) is 6.92 Å². The Hall–Kier alpha value is -2.23. The summed E-state index contributed by atoms with van der Waals surface area (Å²) in [7, 11) is -3.43. The summed E-state index contributed by atoms with van der Waals surface area (Å²) in [6.45, 7) is 6.91. The summed E-state index contributed by atoms with van der Waals surface area (Å²) in [4.78, 5) is 16.4. The zero-order valence-corrected chi connectivity index (χ0v) is 17.9. The number of rotatable bonds is 2. The number of hydrogen-bond acceptors (Lipinski definition) is 7. The van der Waals surface area contributed by atoms with Gasteiger partial charge in [0.05, 0.1) is 10.5 Å². The number of nitrogens with zero attached hydrogens (tertiary/aromatic N) is 1. The van der Waals surface area contributed by atoms with Gasteiger partial charge in [-0.2, -0.15) is 0 Å². The second-order valence-corrected chi connectivity index (χ2v) is 10.5. The second-order valence-electron chi connectivity index (χ2n) is 7.92. The van der Waals surface area contributed by atoms with Gasteiger partial charge in [0, 0.05) is 25.8 Å². The second kappa shape index (κ2) is 8.64. The molecule has 1 aliphatic rings. The van der Waals surface area contributed by atoms with E-state index in [4.69, 9.17) is 4.42 Å². The van der Waals surface area contributed by atoms with Crippen molar-refractivity contribution in [3.05, 3.63) is 47.2 Å². The molecule has 8 nitrogen and oxygen atoms in total. The van der Waals surface area contributed by atoms with Crippen LogP contribution in [0.2, 0.25) is 0 Å². The quantitative estimate of drug-likeness (QED) is 0.681. The maximum absolute atomic E-state index is 13.1. The third kappa shape index (κ3) is 5.23. The Bertz CT molecular complexity index is 982. The molecule has 0 unspecified atom stereocenters. The van der Waals surface area contributed by atoms with Crippen molar-refractivity contribution >= 4 is 21.4 Å². The number of nitrogens with one attached hydrogen (secondary N) is 3. The summed E-state index contributed by atoms with van der Waals surface area (Å²) in [5.74, 6) is -0.0632. The lowest BCUT2D eigenvalue weighted by molar-refractivity contribution is 0.102. The monoisotopic (exact) mass is 420 g/mol. The molecule has 1 aromatic carbocycles. The summed E-state index contributed by atoms with van der Waals surface area (Å²) < 4.78 is 30.3. The molecule has 9 heteroatoms. The number of hydrogen-bond donors (Lipinski definition) is 3. The fourth-order valence-electron chi connectivity index (χ4n) is 3.20. The van der Waals surface area contributed by atoms with Gasteiger partial charge in [0.2, 0.25) is 0 Å². The standard InChI is InChI=1S/C20H28N4O4S/c1-14-23-18(10-28-14)19(25)24-17-7-6-15-5-4-8-21-13-22-12-20(2,3)29(26,27)11-16(15)9-17/h6-7,9-10,21-22H,4-5,8,11-13H2,1-3H3,(H,24,25). The highest BCUT2D eigenvalue weighted by molar-refractivity contribution is 7.92. The lowest BCUT2D eigenvalue weighted by Gasteiger charge is -2.27. The third-order valence-electron chi connectivity index (χ3n) is 5.10. The number of amides is 1. The Labute approximate surface area is 171 Å². The van der Waals surface area contributed by atoms with Crippen LogP contribution in [-0.2, 0) is 22.0 Å². The van der Waals surface area contributed by atoms with E-state index in [-0.39, 0.29) is 11.4 Å². The van der Waals surface area contributed by atoms with Gasteiger partial charge in [-0.15, -0.1) is 0 Å². The largest absolute Gasteiger partial charge is 0.448 e. The predicted molar refractivity (Wildman–Crippen MR) is 112 cm³/mol. The number of carbonyl (C=O) groups is 1. The van der Waals surface area contributed by atoms with Gasteiger partial charge in [-0.05, 0) is 56.5 Å². The SMILES string of the molecule is Cc1nc(C(=O)Nc2ccc3c(c2)CS(=O)(=O)C(C)(C)CNCNCCC3)co1.